The van der Waals surface area contributed by atoms with Gasteiger partial charge in [-0.25, -0.2) is 0 Å². The number of nitrogen functional groups attached to an aromatic ring is 1. The van der Waals surface area contributed by atoms with Gasteiger partial charge in [0.05, 0.1) is 11.4 Å². The average Bonchev–Trinajstić information content (AvgIpc) is 3.00. The van der Waals surface area contributed by atoms with Crippen LogP contribution in [-0.2, 0) is 13.1 Å². The molecule has 4 rings (SSSR count). The van der Waals surface area contributed by atoms with Crippen molar-refractivity contribution in [2.45, 2.75) is 46.7 Å². The summed E-state index contributed by atoms with van der Waals surface area (Å²) in [5, 5.41) is 3.20. The van der Waals surface area contributed by atoms with E-state index in [4.69, 9.17) is 10.5 Å². The van der Waals surface area contributed by atoms with Gasteiger partial charge in [-0.05, 0) is 59.7 Å². The Morgan fingerprint density at radius 1 is 1.06 bits per heavy atom. The zero-order valence-corrected chi connectivity index (χ0v) is 20.6. The Balaban J connectivity index is 1.65. The van der Waals surface area contributed by atoms with Gasteiger partial charge in [0.2, 0.25) is 0 Å². The van der Waals surface area contributed by atoms with Crippen molar-refractivity contribution < 1.29 is 4.74 Å². The number of para-hydroxylation sites is 1. The summed E-state index contributed by atoms with van der Waals surface area (Å²) >= 11 is 0. The Hall–Kier alpha value is -2.98. The standard InChI is InChI=1S/C29H37N3O/c1-19(2)28(25-12-13-26(31-5)29(30)21(25)4)22-11-10-20(3)24(16-22)18-32-14-15-33-27-9-7-6-8-23(27)17-32/h6-13,16,19,28,31H,14-15,17-18,30H2,1-5H3/t28-/m1/s1. The SMILES string of the molecule is CNc1ccc([C@@H](c2ccc(C)c(CN3CCOc4ccccc4C3)c2)C(C)C)c(C)c1N. The van der Waals surface area contributed by atoms with Crippen molar-refractivity contribution in [3.05, 3.63) is 88.0 Å². The molecule has 3 aromatic carbocycles. The first-order chi connectivity index (χ1) is 15.9. The molecule has 0 aromatic heterocycles. The molecule has 0 fully saturated rings. The van der Waals surface area contributed by atoms with E-state index in [-0.39, 0.29) is 0 Å². The number of aryl methyl sites for hydroxylation is 1. The Kier molecular flexibility index (Phi) is 6.94. The molecule has 0 bridgehead atoms. The minimum Gasteiger partial charge on any atom is -0.492 e. The van der Waals surface area contributed by atoms with Crippen LogP contribution in [0.4, 0.5) is 11.4 Å². The number of nitrogens with one attached hydrogen (secondary N) is 1. The van der Waals surface area contributed by atoms with Crippen molar-refractivity contribution in [3.8, 4) is 5.75 Å². The second kappa shape index (κ2) is 9.88. The van der Waals surface area contributed by atoms with Crippen LogP contribution in [0.25, 0.3) is 0 Å². The highest BCUT2D eigenvalue weighted by Crippen LogP contribution is 2.38. The topological polar surface area (TPSA) is 50.5 Å². The third kappa shape index (κ3) is 4.86. The molecule has 0 amide bonds. The molecule has 0 radical (unpaired) electrons. The van der Waals surface area contributed by atoms with Gasteiger partial charge in [-0.2, -0.15) is 0 Å². The molecule has 0 aliphatic carbocycles. The van der Waals surface area contributed by atoms with Gasteiger partial charge in [-0.15, -0.1) is 0 Å². The van der Waals surface area contributed by atoms with Crippen molar-refractivity contribution in [1.82, 2.24) is 4.90 Å². The molecule has 1 aliphatic heterocycles. The maximum atomic E-state index is 6.46. The molecule has 3 aromatic rings. The third-order valence-corrected chi connectivity index (χ3v) is 6.99. The minimum atomic E-state index is 0.297. The Morgan fingerprint density at radius 2 is 1.85 bits per heavy atom. The fourth-order valence-corrected chi connectivity index (χ4v) is 5.03. The second-order valence-electron chi connectivity index (χ2n) is 9.57. The first-order valence-corrected chi connectivity index (χ1v) is 12.0. The van der Waals surface area contributed by atoms with Crippen LogP contribution in [0.1, 0.15) is 53.1 Å². The molecule has 0 spiro atoms. The molecule has 4 heteroatoms. The maximum absolute atomic E-state index is 6.46. The fraction of sp³-hybridized carbons (Fsp3) is 0.379. The summed E-state index contributed by atoms with van der Waals surface area (Å²) in [5.74, 6) is 1.77. The van der Waals surface area contributed by atoms with Crippen molar-refractivity contribution >= 4 is 11.4 Å². The van der Waals surface area contributed by atoms with Crippen LogP contribution < -0.4 is 15.8 Å². The zero-order valence-electron chi connectivity index (χ0n) is 20.6. The highest BCUT2D eigenvalue weighted by molar-refractivity contribution is 5.72. The maximum Gasteiger partial charge on any atom is 0.123 e. The van der Waals surface area contributed by atoms with E-state index < -0.39 is 0 Å². The minimum absolute atomic E-state index is 0.297. The first kappa shape index (κ1) is 23.2. The third-order valence-electron chi connectivity index (χ3n) is 6.99. The summed E-state index contributed by atoms with van der Waals surface area (Å²) in [6.45, 7) is 12.4. The number of rotatable bonds is 6. The lowest BCUT2D eigenvalue weighted by atomic mass is 9.79. The number of benzene rings is 3. The number of hydrogen-bond donors (Lipinski definition) is 2. The van der Waals surface area contributed by atoms with Crippen molar-refractivity contribution in [2.24, 2.45) is 5.92 Å². The molecule has 4 nitrogen and oxygen atoms in total. The number of anilines is 2. The molecular formula is C29H37N3O. The van der Waals surface area contributed by atoms with Gasteiger partial charge >= 0.3 is 0 Å². The smallest absolute Gasteiger partial charge is 0.123 e. The van der Waals surface area contributed by atoms with Crippen LogP contribution >= 0.6 is 0 Å². The van der Waals surface area contributed by atoms with E-state index in [0.29, 0.717) is 11.8 Å². The molecule has 1 atom stereocenters. The van der Waals surface area contributed by atoms with Gasteiger partial charge in [-0.3, -0.25) is 4.90 Å². The molecule has 0 saturated heterocycles. The van der Waals surface area contributed by atoms with Gasteiger partial charge in [0.25, 0.3) is 0 Å². The Morgan fingerprint density at radius 3 is 2.61 bits per heavy atom. The average molecular weight is 444 g/mol. The van der Waals surface area contributed by atoms with Crippen LogP contribution in [-0.4, -0.2) is 25.1 Å². The molecule has 1 heterocycles. The summed E-state index contributed by atoms with van der Waals surface area (Å²) in [5.41, 5.74) is 16.1. The van der Waals surface area contributed by atoms with E-state index in [0.717, 1.165) is 43.4 Å². The van der Waals surface area contributed by atoms with Crippen molar-refractivity contribution in [1.29, 1.82) is 0 Å². The highest BCUT2D eigenvalue weighted by atomic mass is 16.5. The van der Waals surface area contributed by atoms with Crippen LogP contribution in [0, 0.1) is 19.8 Å². The number of fused-ring (bicyclic) bond motifs is 1. The molecule has 1 aliphatic rings. The monoisotopic (exact) mass is 443 g/mol. The number of nitrogens with zero attached hydrogens (tertiary/aromatic N) is 1. The predicted octanol–water partition coefficient (Wildman–Crippen LogP) is 6.11. The van der Waals surface area contributed by atoms with E-state index >= 15 is 0 Å². The number of nitrogens with two attached hydrogens (primary N) is 1. The lowest BCUT2D eigenvalue weighted by Gasteiger charge is -2.27. The summed E-state index contributed by atoms with van der Waals surface area (Å²) in [4.78, 5) is 2.49. The second-order valence-corrected chi connectivity index (χ2v) is 9.57. The number of hydrogen-bond acceptors (Lipinski definition) is 4. The van der Waals surface area contributed by atoms with E-state index in [1.807, 2.05) is 13.1 Å². The molecule has 3 N–H and O–H groups in total. The van der Waals surface area contributed by atoms with E-state index in [1.54, 1.807) is 0 Å². The van der Waals surface area contributed by atoms with Gasteiger partial charge in [0, 0.05) is 38.2 Å². The van der Waals surface area contributed by atoms with Gasteiger partial charge in [0.1, 0.15) is 12.4 Å². The van der Waals surface area contributed by atoms with E-state index in [1.165, 1.54) is 33.4 Å². The van der Waals surface area contributed by atoms with Crippen molar-refractivity contribution in [3.63, 3.8) is 0 Å². The normalized spacial score (nSPS) is 15.0. The lowest BCUT2D eigenvalue weighted by Crippen LogP contribution is -2.25. The lowest BCUT2D eigenvalue weighted by molar-refractivity contribution is 0.219. The predicted molar refractivity (Wildman–Crippen MR) is 139 cm³/mol. The van der Waals surface area contributed by atoms with Crippen LogP contribution in [0.5, 0.6) is 5.75 Å². The summed E-state index contributed by atoms with van der Waals surface area (Å²) in [6.07, 6.45) is 0. The first-order valence-electron chi connectivity index (χ1n) is 12.0. The van der Waals surface area contributed by atoms with E-state index in [2.05, 4.69) is 86.4 Å². The molecule has 33 heavy (non-hydrogen) atoms. The van der Waals surface area contributed by atoms with E-state index in [9.17, 15) is 0 Å². The zero-order chi connectivity index (χ0) is 23.5. The van der Waals surface area contributed by atoms with Gasteiger partial charge in [-0.1, -0.05) is 56.3 Å². The van der Waals surface area contributed by atoms with Crippen molar-refractivity contribution in [2.75, 3.05) is 31.2 Å². The fourth-order valence-electron chi connectivity index (χ4n) is 5.03. The summed E-state index contributed by atoms with van der Waals surface area (Å²) < 4.78 is 5.98. The Bertz CT molecular complexity index is 1120. The summed E-state index contributed by atoms with van der Waals surface area (Å²) in [6, 6.07) is 19.7. The largest absolute Gasteiger partial charge is 0.492 e. The van der Waals surface area contributed by atoms with Crippen LogP contribution in [0.3, 0.4) is 0 Å². The molecule has 174 valence electrons. The number of ether oxygens (including phenoxy) is 1. The highest BCUT2D eigenvalue weighted by Gasteiger charge is 2.23. The quantitative estimate of drug-likeness (QED) is 0.451. The molecule has 0 unspecified atom stereocenters. The molecular weight excluding hydrogens is 406 g/mol. The van der Waals surface area contributed by atoms with Gasteiger partial charge < -0.3 is 15.8 Å². The van der Waals surface area contributed by atoms with Crippen LogP contribution in [0.15, 0.2) is 54.6 Å². The molecule has 0 saturated carbocycles. The van der Waals surface area contributed by atoms with Crippen LogP contribution in [0.2, 0.25) is 0 Å². The summed E-state index contributed by atoms with van der Waals surface area (Å²) in [7, 11) is 1.92. The van der Waals surface area contributed by atoms with Gasteiger partial charge in [0.15, 0.2) is 0 Å². The Labute approximate surface area is 198 Å².